The zero-order chi connectivity index (χ0) is 12.1. The molecule has 6 nitrogen and oxygen atoms in total. The van der Waals surface area contributed by atoms with E-state index in [0.717, 1.165) is 0 Å². The van der Waals surface area contributed by atoms with Crippen LogP contribution in [0.1, 0.15) is 22.8 Å². The molecule has 3 N–H and O–H groups in total. The van der Waals surface area contributed by atoms with Gasteiger partial charge in [-0.05, 0) is 23.8 Å². The van der Waals surface area contributed by atoms with Crippen molar-refractivity contribution in [2.24, 2.45) is 5.10 Å². The third kappa shape index (κ3) is 3.09. The first kappa shape index (κ1) is 11.7. The second kappa shape index (κ2) is 4.92. The second-order valence-corrected chi connectivity index (χ2v) is 3.01. The Morgan fingerprint density at radius 1 is 1.44 bits per heavy atom. The zero-order valence-corrected chi connectivity index (χ0v) is 8.47. The van der Waals surface area contributed by atoms with Crippen LogP contribution < -0.4 is 5.43 Å². The van der Waals surface area contributed by atoms with E-state index in [1.165, 1.54) is 31.3 Å². The summed E-state index contributed by atoms with van der Waals surface area (Å²) < 4.78 is 0. The lowest BCUT2D eigenvalue weighted by molar-refractivity contribution is -0.118. The number of aromatic carboxylic acids is 1. The van der Waals surface area contributed by atoms with Gasteiger partial charge in [0.1, 0.15) is 11.3 Å². The number of rotatable bonds is 3. The van der Waals surface area contributed by atoms with Gasteiger partial charge in [-0.3, -0.25) is 4.79 Å². The van der Waals surface area contributed by atoms with Gasteiger partial charge in [0.15, 0.2) is 0 Å². The molecule has 0 unspecified atom stereocenters. The molecule has 84 valence electrons. The van der Waals surface area contributed by atoms with Crippen LogP contribution in [-0.2, 0) is 4.79 Å². The minimum Gasteiger partial charge on any atom is -0.507 e. The average molecular weight is 222 g/mol. The van der Waals surface area contributed by atoms with Gasteiger partial charge >= 0.3 is 5.97 Å². The van der Waals surface area contributed by atoms with E-state index in [4.69, 9.17) is 5.11 Å². The molecule has 0 aliphatic heterocycles. The van der Waals surface area contributed by atoms with Crippen LogP contribution in [0, 0.1) is 0 Å². The fourth-order valence-corrected chi connectivity index (χ4v) is 1.00. The molecule has 0 bridgehead atoms. The van der Waals surface area contributed by atoms with Crippen LogP contribution in [-0.4, -0.2) is 28.3 Å². The van der Waals surface area contributed by atoms with Crippen molar-refractivity contribution in [3.63, 3.8) is 0 Å². The van der Waals surface area contributed by atoms with E-state index in [0.29, 0.717) is 5.56 Å². The maximum atomic E-state index is 10.7. The Morgan fingerprint density at radius 3 is 2.69 bits per heavy atom. The third-order valence-electron chi connectivity index (χ3n) is 1.69. The van der Waals surface area contributed by atoms with Crippen LogP contribution in [0.15, 0.2) is 23.3 Å². The van der Waals surface area contributed by atoms with E-state index in [1.54, 1.807) is 0 Å². The normalized spacial score (nSPS) is 10.3. The summed E-state index contributed by atoms with van der Waals surface area (Å²) in [5, 5.41) is 21.5. The SMILES string of the molecule is CC(=O)N/N=C/c1ccc(O)c(C(=O)O)c1. The van der Waals surface area contributed by atoms with E-state index >= 15 is 0 Å². The van der Waals surface area contributed by atoms with Crippen LogP contribution in [0.5, 0.6) is 5.75 Å². The highest BCUT2D eigenvalue weighted by Gasteiger charge is 2.08. The highest BCUT2D eigenvalue weighted by Crippen LogP contribution is 2.17. The van der Waals surface area contributed by atoms with Crippen molar-refractivity contribution in [3.05, 3.63) is 29.3 Å². The van der Waals surface area contributed by atoms with Gasteiger partial charge in [-0.1, -0.05) is 0 Å². The lowest BCUT2D eigenvalue weighted by atomic mass is 10.1. The predicted octanol–water partition coefficient (Wildman–Crippen LogP) is 0.560. The molecule has 0 spiro atoms. The summed E-state index contributed by atoms with van der Waals surface area (Å²) in [4.78, 5) is 21.2. The summed E-state index contributed by atoms with van der Waals surface area (Å²) in [6.45, 7) is 1.30. The highest BCUT2D eigenvalue weighted by atomic mass is 16.4. The Hall–Kier alpha value is -2.37. The number of hydrogen-bond acceptors (Lipinski definition) is 4. The minimum absolute atomic E-state index is 0.216. The molecule has 1 aromatic carbocycles. The lowest BCUT2D eigenvalue weighted by Crippen LogP contribution is -2.12. The molecule has 1 aromatic rings. The molecule has 0 aliphatic rings. The van der Waals surface area contributed by atoms with Gasteiger partial charge in [0.2, 0.25) is 5.91 Å². The van der Waals surface area contributed by atoms with Gasteiger partial charge in [-0.25, -0.2) is 10.2 Å². The van der Waals surface area contributed by atoms with Gasteiger partial charge in [-0.2, -0.15) is 5.10 Å². The number of amides is 1. The lowest BCUT2D eigenvalue weighted by Gasteiger charge is -2.00. The Balaban J connectivity index is 2.91. The molecule has 16 heavy (non-hydrogen) atoms. The number of aromatic hydroxyl groups is 1. The van der Waals surface area contributed by atoms with Gasteiger partial charge in [0.25, 0.3) is 0 Å². The first-order chi connectivity index (χ1) is 7.50. The molecule has 0 aliphatic carbocycles. The molecule has 0 heterocycles. The molecule has 0 fully saturated rings. The van der Waals surface area contributed by atoms with Crippen molar-refractivity contribution in [3.8, 4) is 5.75 Å². The number of carbonyl (C=O) groups excluding carboxylic acids is 1. The number of nitrogens with one attached hydrogen (secondary N) is 1. The number of carboxylic acid groups (broad SMARTS) is 1. The molecule has 0 aromatic heterocycles. The predicted molar refractivity (Wildman–Crippen MR) is 56.5 cm³/mol. The van der Waals surface area contributed by atoms with E-state index in [2.05, 4.69) is 10.5 Å². The molecule has 6 heteroatoms. The molecule has 0 atom stereocenters. The van der Waals surface area contributed by atoms with Gasteiger partial charge in [0, 0.05) is 6.92 Å². The average Bonchev–Trinajstić information content (AvgIpc) is 2.19. The monoisotopic (exact) mass is 222 g/mol. The van der Waals surface area contributed by atoms with Gasteiger partial charge in [-0.15, -0.1) is 0 Å². The van der Waals surface area contributed by atoms with Crippen LogP contribution in [0.2, 0.25) is 0 Å². The molecule has 0 saturated carbocycles. The quantitative estimate of drug-likeness (QED) is 0.514. The summed E-state index contributed by atoms with van der Waals surface area (Å²) >= 11 is 0. The van der Waals surface area contributed by atoms with Crippen LogP contribution >= 0.6 is 0 Å². The van der Waals surface area contributed by atoms with E-state index in [9.17, 15) is 14.7 Å². The number of hydrazone groups is 1. The first-order valence-electron chi connectivity index (χ1n) is 4.36. The van der Waals surface area contributed by atoms with Crippen molar-refractivity contribution in [1.82, 2.24) is 5.43 Å². The smallest absolute Gasteiger partial charge is 0.339 e. The number of phenols is 1. The number of hydrogen-bond donors (Lipinski definition) is 3. The first-order valence-corrected chi connectivity index (χ1v) is 4.36. The number of carbonyl (C=O) groups is 2. The van der Waals surface area contributed by atoms with Crippen LogP contribution in [0.4, 0.5) is 0 Å². The summed E-state index contributed by atoms with van der Waals surface area (Å²) in [6, 6.07) is 3.98. The topological polar surface area (TPSA) is 99.0 Å². The van der Waals surface area contributed by atoms with Crippen molar-refractivity contribution in [2.45, 2.75) is 6.92 Å². The van der Waals surface area contributed by atoms with Crippen LogP contribution in [0.25, 0.3) is 0 Å². The molecular formula is C10H10N2O4. The summed E-state index contributed by atoms with van der Waals surface area (Å²) in [6.07, 6.45) is 1.28. The largest absolute Gasteiger partial charge is 0.507 e. The second-order valence-electron chi connectivity index (χ2n) is 3.01. The molecule has 0 saturated heterocycles. The number of nitrogens with zero attached hydrogens (tertiary/aromatic N) is 1. The van der Waals surface area contributed by atoms with Crippen molar-refractivity contribution < 1.29 is 19.8 Å². The maximum Gasteiger partial charge on any atom is 0.339 e. The molecular weight excluding hydrogens is 212 g/mol. The number of carboxylic acids is 1. The highest BCUT2D eigenvalue weighted by molar-refractivity contribution is 5.93. The Morgan fingerprint density at radius 2 is 2.12 bits per heavy atom. The van der Waals surface area contributed by atoms with Gasteiger partial charge < -0.3 is 10.2 Å². The summed E-state index contributed by atoms with van der Waals surface area (Å²) in [7, 11) is 0. The summed E-state index contributed by atoms with van der Waals surface area (Å²) in [5.41, 5.74) is 2.42. The molecule has 0 radical (unpaired) electrons. The summed E-state index contributed by atoms with van der Waals surface area (Å²) in [5.74, 6) is -1.87. The fourth-order valence-electron chi connectivity index (χ4n) is 1.00. The Kier molecular flexibility index (Phi) is 3.60. The van der Waals surface area contributed by atoms with E-state index < -0.39 is 5.97 Å². The van der Waals surface area contributed by atoms with Crippen molar-refractivity contribution in [1.29, 1.82) is 0 Å². The maximum absolute atomic E-state index is 10.7. The fraction of sp³-hybridized carbons (Fsp3) is 0.100. The van der Waals surface area contributed by atoms with Gasteiger partial charge in [0.05, 0.1) is 6.21 Å². The Bertz CT molecular complexity index is 454. The van der Waals surface area contributed by atoms with E-state index in [-0.39, 0.29) is 17.2 Å². The molecule has 1 amide bonds. The van der Waals surface area contributed by atoms with Crippen molar-refractivity contribution in [2.75, 3.05) is 0 Å². The minimum atomic E-state index is -1.23. The zero-order valence-electron chi connectivity index (χ0n) is 8.47. The van der Waals surface area contributed by atoms with Crippen molar-refractivity contribution >= 4 is 18.1 Å². The van der Waals surface area contributed by atoms with E-state index in [1.807, 2.05) is 0 Å². The molecule has 1 rings (SSSR count). The van der Waals surface area contributed by atoms with Crippen LogP contribution in [0.3, 0.4) is 0 Å². The third-order valence-corrected chi connectivity index (χ3v) is 1.69. The Labute approximate surface area is 91.2 Å². The number of benzene rings is 1. The standard InChI is InChI=1S/C10H10N2O4/c1-6(13)12-11-5-7-2-3-9(14)8(4-7)10(15)16/h2-5,14H,1H3,(H,12,13)(H,15,16)/b11-5+.